The van der Waals surface area contributed by atoms with E-state index in [-0.39, 0.29) is 24.6 Å². The predicted octanol–water partition coefficient (Wildman–Crippen LogP) is 1.92. The van der Waals surface area contributed by atoms with Gasteiger partial charge >= 0.3 is 12.0 Å². The molecule has 3 amide bonds. The molecule has 0 bridgehead atoms. The normalized spacial score (nSPS) is 10.3. The fourth-order valence-electron chi connectivity index (χ4n) is 2.13. The van der Waals surface area contributed by atoms with E-state index < -0.39 is 5.97 Å². The van der Waals surface area contributed by atoms with Crippen molar-refractivity contribution in [2.45, 2.75) is 40.3 Å². The van der Waals surface area contributed by atoms with Gasteiger partial charge in [0.2, 0.25) is 0 Å². The number of nitrogens with one attached hydrogen (secondary N) is 2. The van der Waals surface area contributed by atoms with Gasteiger partial charge in [0.1, 0.15) is 0 Å². The number of hydrogen-bond donors (Lipinski definition) is 2. The highest BCUT2D eigenvalue weighted by Gasteiger charge is 2.14. The van der Waals surface area contributed by atoms with E-state index >= 15 is 0 Å². The number of likely N-dealkylation sites (N-methyl/N-ethyl adjacent to an activating group) is 1. The minimum atomic E-state index is -0.544. The summed E-state index contributed by atoms with van der Waals surface area (Å²) in [6.45, 7) is 8.76. The van der Waals surface area contributed by atoms with E-state index in [1.165, 1.54) is 0 Å². The average Bonchev–Trinajstić information content (AvgIpc) is 2.58. The molecule has 1 aromatic rings. The molecule has 1 aromatic carbocycles. The van der Waals surface area contributed by atoms with Crippen LogP contribution in [0.5, 0.6) is 0 Å². The lowest BCUT2D eigenvalue weighted by Crippen LogP contribution is -2.39. The van der Waals surface area contributed by atoms with Gasteiger partial charge in [0.05, 0.1) is 5.56 Å². The second-order valence-electron chi connectivity index (χ2n) is 5.82. The van der Waals surface area contributed by atoms with Gasteiger partial charge in [-0.25, -0.2) is 9.59 Å². The van der Waals surface area contributed by atoms with Gasteiger partial charge in [-0.3, -0.25) is 4.79 Å². The summed E-state index contributed by atoms with van der Waals surface area (Å²) in [5, 5.41) is 5.46. The Bertz CT molecular complexity index is 580. The summed E-state index contributed by atoms with van der Waals surface area (Å²) in [4.78, 5) is 36.9. The van der Waals surface area contributed by atoms with Crippen molar-refractivity contribution in [1.29, 1.82) is 0 Å². The topological polar surface area (TPSA) is 87.7 Å². The van der Waals surface area contributed by atoms with Crippen LogP contribution in [0.4, 0.5) is 4.79 Å². The molecule has 25 heavy (non-hydrogen) atoms. The summed E-state index contributed by atoms with van der Waals surface area (Å²) in [7, 11) is 0. The first-order valence-electron chi connectivity index (χ1n) is 8.45. The molecule has 0 atom stereocenters. The summed E-state index contributed by atoms with van der Waals surface area (Å²) in [5.41, 5.74) is 1.22. The van der Waals surface area contributed by atoms with Crippen molar-refractivity contribution >= 4 is 17.9 Å². The van der Waals surface area contributed by atoms with Gasteiger partial charge in [0.15, 0.2) is 6.61 Å². The van der Waals surface area contributed by atoms with Crippen LogP contribution in [0.2, 0.25) is 0 Å². The number of carbonyl (C=O) groups excluding carboxylic acids is 3. The van der Waals surface area contributed by atoms with Gasteiger partial charge in [-0.05, 0) is 45.4 Å². The van der Waals surface area contributed by atoms with Gasteiger partial charge in [0, 0.05) is 25.7 Å². The Hall–Kier alpha value is -2.57. The molecular formula is C18H27N3O4. The van der Waals surface area contributed by atoms with Crippen LogP contribution < -0.4 is 10.6 Å². The highest BCUT2D eigenvalue weighted by Crippen LogP contribution is 2.06. The predicted molar refractivity (Wildman–Crippen MR) is 95.2 cm³/mol. The van der Waals surface area contributed by atoms with E-state index in [2.05, 4.69) is 10.6 Å². The number of esters is 1. The van der Waals surface area contributed by atoms with E-state index in [4.69, 9.17) is 4.74 Å². The summed E-state index contributed by atoms with van der Waals surface area (Å²) in [6, 6.07) is 6.52. The lowest BCUT2D eigenvalue weighted by Gasteiger charge is -2.18. The number of amides is 3. The minimum Gasteiger partial charge on any atom is -0.452 e. The number of nitrogens with zero attached hydrogens (tertiary/aromatic N) is 1. The third kappa shape index (κ3) is 7.24. The Morgan fingerprint density at radius 2 is 1.68 bits per heavy atom. The van der Waals surface area contributed by atoms with E-state index in [1.807, 2.05) is 27.7 Å². The zero-order chi connectivity index (χ0) is 18.8. The van der Waals surface area contributed by atoms with Crippen molar-refractivity contribution in [2.75, 3.05) is 19.7 Å². The van der Waals surface area contributed by atoms with E-state index in [0.717, 1.165) is 5.56 Å². The summed E-state index contributed by atoms with van der Waals surface area (Å²) < 4.78 is 5.05. The molecule has 7 heteroatoms. The van der Waals surface area contributed by atoms with Crippen LogP contribution in [0.25, 0.3) is 0 Å². The smallest absolute Gasteiger partial charge is 0.338 e. The number of urea groups is 1. The molecule has 0 fully saturated rings. The highest BCUT2D eigenvalue weighted by atomic mass is 16.5. The Kier molecular flexibility index (Phi) is 8.46. The monoisotopic (exact) mass is 349 g/mol. The maximum absolute atomic E-state index is 12.0. The number of carbonyl (C=O) groups is 3. The first-order chi connectivity index (χ1) is 11.9. The fraction of sp³-hybridized carbons (Fsp3) is 0.500. The van der Waals surface area contributed by atoms with E-state index in [9.17, 15) is 14.4 Å². The van der Waals surface area contributed by atoms with Gasteiger partial charge in [-0.2, -0.15) is 0 Å². The average molecular weight is 349 g/mol. The van der Waals surface area contributed by atoms with E-state index in [1.54, 1.807) is 29.2 Å². The Morgan fingerprint density at radius 1 is 1.08 bits per heavy atom. The Morgan fingerprint density at radius 3 is 2.20 bits per heavy atom. The van der Waals surface area contributed by atoms with Crippen molar-refractivity contribution in [3.63, 3.8) is 0 Å². The molecule has 0 aliphatic carbocycles. The molecule has 0 heterocycles. The van der Waals surface area contributed by atoms with Crippen molar-refractivity contribution in [1.82, 2.24) is 15.5 Å². The van der Waals surface area contributed by atoms with Crippen LogP contribution >= 0.6 is 0 Å². The fourth-order valence-corrected chi connectivity index (χ4v) is 2.13. The SMILES string of the molecule is CCN(CC)C(=O)COC(=O)c1ccc(CNC(=O)NC(C)C)cc1. The van der Waals surface area contributed by atoms with Crippen molar-refractivity contribution in [3.8, 4) is 0 Å². The van der Waals surface area contributed by atoms with Crippen molar-refractivity contribution in [2.24, 2.45) is 0 Å². The Labute approximate surface area is 148 Å². The molecule has 0 aliphatic rings. The second kappa shape index (κ2) is 10.3. The lowest BCUT2D eigenvalue weighted by molar-refractivity contribution is -0.134. The molecule has 0 spiro atoms. The van der Waals surface area contributed by atoms with E-state index in [0.29, 0.717) is 25.2 Å². The van der Waals surface area contributed by atoms with Crippen LogP contribution in [0.1, 0.15) is 43.6 Å². The second-order valence-corrected chi connectivity index (χ2v) is 5.82. The van der Waals surface area contributed by atoms with Crippen LogP contribution in [-0.2, 0) is 16.1 Å². The molecule has 0 aromatic heterocycles. The maximum Gasteiger partial charge on any atom is 0.338 e. The molecule has 0 aliphatic heterocycles. The third-order valence-corrected chi connectivity index (χ3v) is 3.51. The number of hydrogen-bond acceptors (Lipinski definition) is 4. The number of benzene rings is 1. The standard InChI is InChI=1S/C18H27N3O4/c1-5-21(6-2)16(22)12-25-17(23)15-9-7-14(8-10-15)11-19-18(24)20-13(3)4/h7-10,13H,5-6,11-12H2,1-4H3,(H2,19,20,24). The van der Waals surface area contributed by atoms with Gasteiger partial charge in [0.25, 0.3) is 5.91 Å². The number of ether oxygens (including phenoxy) is 1. The van der Waals surface area contributed by atoms with Gasteiger partial charge in [-0.1, -0.05) is 12.1 Å². The molecule has 0 saturated carbocycles. The van der Waals surface area contributed by atoms with Gasteiger partial charge < -0.3 is 20.3 Å². The van der Waals surface area contributed by atoms with Crippen LogP contribution in [0, 0.1) is 0 Å². The Balaban J connectivity index is 2.48. The van der Waals surface area contributed by atoms with Crippen LogP contribution in [0.3, 0.4) is 0 Å². The molecular weight excluding hydrogens is 322 g/mol. The summed E-state index contributed by atoms with van der Waals surface area (Å²) >= 11 is 0. The molecule has 0 radical (unpaired) electrons. The third-order valence-electron chi connectivity index (χ3n) is 3.51. The zero-order valence-corrected chi connectivity index (χ0v) is 15.3. The first-order valence-corrected chi connectivity index (χ1v) is 8.45. The zero-order valence-electron chi connectivity index (χ0n) is 15.3. The molecule has 0 unspecified atom stereocenters. The van der Waals surface area contributed by atoms with Gasteiger partial charge in [-0.15, -0.1) is 0 Å². The molecule has 0 saturated heterocycles. The van der Waals surface area contributed by atoms with Crippen molar-refractivity contribution in [3.05, 3.63) is 35.4 Å². The van der Waals surface area contributed by atoms with Crippen molar-refractivity contribution < 1.29 is 19.1 Å². The highest BCUT2D eigenvalue weighted by molar-refractivity contribution is 5.91. The summed E-state index contributed by atoms with van der Waals surface area (Å²) in [5.74, 6) is -0.757. The molecule has 1 rings (SSSR count). The largest absolute Gasteiger partial charge is 0.452 e. The van der Waals surface area contributed by atoms with Crippen LogP contribution in [-0.4, -0.2) is 48.5 Å². The summed E-state index contributed by atoms with van der Waals surface area (Å²) in [6.07, 6.45) is 0. The maximum atomic E-state index is 12.0. The lowest BCUT2D eigenvalue weighted by atomic mass is 10.1. The molecule has 7 nitrogen and oxygen atoms in total. The number of rotatable bonds is 8. The van der Waals surface area contributed by atoms with Crippen LogP contribution in [0.15, 0.2) is 24.3 Å². The minimum absolute atomic E-state index is 0.0659. The molecule has 138 valence electrons. The quantitative estimate of drug-likeness (QED) is 0.702. The molecule has 2 N–H and O–H groups in total. The first kappa shape index (κ1) is 20.5.